The molecule has 0 aliphatic heterocycles. The van der Waals surface area contributed by atoms with E-state index >= 15 is 0 Å². The molecule has 0 aromatic heterocycles. The molecule has 0 bridgehead atoms. The van der Waals surface area contributed by atoms with Crippen LogP contribution in [0.25, 0.3) is 11.1 Å². The number of primary sulfonamides is 1. The Morgan fingerprint density at radius 2 is 1.00 bits per heavy atom. The molecule has 4 aromatic rings. The molecule has 0 radical (unpaired) electrons. The molecule has 43 heavy (non-hydrogen) atoms. The quantitative estimate of drug-likeness (QED) is 0.139. The molecule has 0 fully saturated rings. The van der Waals surface area contributed by atoms with Crippen LogP contribution < -0.4 is 5.14 Å². The summed E-state index contributed by atoms with van der Waals surface area (Å²) in [6.45, 7) is 7.63. The van der Waals surface area contributed by atoms with Gasteiger partial charge in [-0.2, -0.15) is 12.8 Å². The Labute approximate surface area is 255 Å². The van der Waals surface area contributed by atoms with Gasteiger partial charge >= 0.3 is 0 Å². The van der Waals surface area contributed by atoms with Gasteiger partial charge in [0, 0.05) is 6.21 Å². The molecule has 2 N–H and O–H groups in total. The number of benzene rings is 4. The van der Waals surface area contributed by atoms with Crippen molar-refractivity contribution in [1.82, 2.24) is 0 Å². The van der Waals surface area contributed by atoms with Crippen LogP contribution in [0.1, 0.15) is 36.1 Å². The number of nitrogens with zero attached hydrogens (tertiary/aromatic N) is 1. The molecule has 4 aromatic carbocycles. The first-order valence-electron chi connectivity index (χ1n) is 13.2. The maximum atomic E-state index is 12.0. The van der Waals surface area contributed by atoms with Crippen molar-refractivity contribution in [2.75, 3.05) is 0 Å². The van der Waals surface area contributed by atoms with Crippen molar-refractivity contribution in [3.05, 3.63) is 144 Å². The van der Waals surface area contributed by atoms with Crippen LogP contribution in [0, 0.1) is 13.8 Å². The minimum absolute atomic E-state index is 0.156. The number of hydrogen-bond donors (Lipinski definition) is 1. The first-order chi connectivity index (χ1) is 20.3. The average molecular weight is 617 g/mol. The second kappa shape index (κ2) is 16.9. The van der Waals surface area contributed by atoms with Crippen LogP contribution in [0.2, 0.25) is 0 Å². The monoisotopic (exact) mass is 616 g/mol. The van der Waals surface area contributed by atoms with Crippen molar-refractivity contribution in [3.63, 3.8) is 0 Å². The molecule has 0 amide bonds. The van der Waals surface area contributed by atoms with E-state index in [0.717, 1.165) is 39.7 Å². The average Bonchev–Trinajstić information content (AvgIpc) is 2.99. The summed E-state index contributed by atoms with van der Waals surface area (Å²) in [5.74, 6) is 0. The number of carbonyl (C=O) groups excluding carboxylic acids is 1. The summed E-state index contributed by atoms with van der Waals surface area (Å²) in [7, 11) is -7.15. The molecule has 4 rings (SSSR count). The first-order valence-corrected chi connectivity index (χ1v) is 16.2. The summed E-state index contributed by atoms with van der Waals surface area (Å²) in [6.07, 6.45) is 5.40. The molecular weight excluding hydrogens is 581 g/mol. The lowest BCUT2D eigenvalue weighted by atomic mass is 10.1. The zero-order chi connectivity index (χ0) is 31.9. The van der Waals surface area contributed by atoms with Gasteiger partial charge in [0.2, 0.25) is 10.0 Å². The van der Waals surface area contributed by atoms with Gasteiger partial charge in [-0.15, -0.1) is 0 Å². The Hall–Kier alpha value is -4.44. The number of aryl methyl sites for hydroxylation is 2. The molecule has 0 saturated carbocycles. The molecule has 0 spiro atoms. The van der Waals surface area contributed by atoms with Crippen LogP contribution in [0.5, 0.6) is 0 Å². The maximum absolute atomic E-state index is 12.0. The zero-order valence-electron chi connectivity index (χ0n) is 24.6. The van der Waals surface area contributed by atoms with Gasteiger partial charge in [-0.25, -0.2) is 13.6 Å². The summed E-state index contributed by atoms with van der Waals surface area (Å²) >= 11 is 0. The first kappa shape index (κ1) is 34.8. The van der Waals surface area contributed by atoms with Gasteiger partial charge in [-0.3, -0.25) is 4.79 Å². The van der Waals surface area contributed by atoms with E-state index in [1.807, 2.05) is 88.4 Å². The van der Waals surface area contributed by atoms with Crippen molar-refractivity contribution in [1.29, 1.82) is 0 Å². The van der Waals surface area contributed by atoms with Gasteiger partial charge in [0.05, 0.1) is 9.79 Å². The smallest absolute Gasteiger partial charge is 0.282 e. The fraction of sp³-hybridized carbons (Fsp3) is 0.118. The number of allylic oxidation sites excluding steroid dienone is 4. The molecule has 0 heterocycles. The lowest BCUT2D eigenvalue weighted by molar-refractivity contribution is -0.104. The lowest BCUT2D eigenvalue weighted by Gasteiger charge is -2.00. The third-order valence-corrected chi connectivity index (χ3v) is 8.17. The normalized spacial score (nSPS) is 12.0. The zero-order valence-corrected chi connectivity index (χ0v) is 26.2. The molecule has 0 unspecified atom stereocenters. The SMILES string of the molecule is C/C(=C\C=O)c1ccccc1.CC(=CC=NS(=O)(=O)c1ccc(C)cc1)c1ccccc1.Cc1ccc(S(N)(=O)=O)cc1. The summed E-state index contributed by atoms with van der Waals surface area (Å²) in [5, 5.41) is 4.88. The van der Waals surface area contributed by atoms with Gasteiger partial charge in [-0.1, -0.05) is 96.1 Å². The van der Waals surface area contributed by atoms with Crippen LogP contribution in [0.3, 0.4) is 0 Å². The van der Waals surface area contributed by atoms with Crippen molar-refractivity contribution >= 4 is 43.7 Å². The Morgan fingerprint density at radius 1 is 0.605 bits per heavy atom. The minimum Gasteiger partial charge on any atom is -0.299 e. The largest absolute Gasteiger partial charge is 0.299 e. The fourth-order valence-electron chi connectivity index (χ4n) is 3.42. The topological polar surface area (TPSA) is 124 Å². The Kier molecular flexibility index (Phi) is 13.6. The van der Waals surface area contributed by atoms with Gasteiger partial charge in [-0.05, 0) is 86.4 Å². The second-order valence-electron chi connectivity index (χ2n) is 9.47. The molecule has 224 valence electrons. The van der Waals surface area contributed by atoms with E-state index in [-0.39, 0.29) is 9.79 Å². The van der Waals surface area contributed by atoms with Crippen molar-refractivity contribution in [3.8, 4) is 0 Å². The number of nitrogens with two attached hydrogens (primary N) is 1. The van der Waals surface area contributed by atoms with Crippen LogP contribution >= 0.6 is 0 Å². The van der Waals surface area contributed by atoms with Crippen LogP contribution in [-0.2, 0) is 24.8 Å². The van der Waals surface area contributed by atoms with Crippen LogP contribution in [0.4, 0.5) is 0 Å². The van der Waals surface area contributed by atoms with Crippen LogP contribution in [-0.4, -0.2) is 29.3 Å². The summed E-state index contributed by atoms with van der Waals surface area (Å²) in [5.41, 5.74) is 6.12. The summed E-state index contributed by atoms with van der Waals surface area (Å²) in [6, 6.07) is 32.6. The summed E-state index contributed by atoms with van der Waals surface area (Å²) < 4.78 is 49.2. The lowest BCUT2D eigenvalue weighted by Crippen LogP contribution is -2.11. The molecule has 7 nitrogen and oxygen atoms in total. The van der Waals surface area contributed by atoms with Crippen molar-refractivity contribution in [2.45, 2.75) is 37.5 Å². The molecule has 0 saturated heterocycles. The highest BCUT2D eigenvalue weighted by Crippen LogP contribution is 2.15. The highest BCUT2D eigenvalue weighted by molar-refractivity contribution is 7.90. The Balaban J connectivity index is 0.000000247. The second-order valence-corrected chi connectivity index (χ2v) is 12.7. The number of carbonyl (C=O) groups is 1. The minimum atomic E-state index is -3.63. The fourth-order valence-corrected chi connectivity index (χ4v) is 4.76. The molecule has 0 aliphatic carbocycles. The van der Waals surface area contributed by atoms with Gasteiger partial charge < -0.3 is 0 Å². The van der Waals surface area contributed by atoms with E-state index in [2.05, 4.69) is 4.40 Å². The number of sulfonamides is 2. The summed E-state index contributed by atoms with van der Waals surface area (Å²) in [4.78, 5) is 10.5. The van der Waals surface area contributed by atoms with Gasteiger partial charge in [0.15, 0.2) is 0 Å². The van der Waals surface area contributed by atoms with Crippen molar-refractivity contribution in [2.24, 2.45) is 9.54 Å². The molecule has 0 atom stereocenters. The van der Waals surface area contributed by atoms with E-state index in [0.29, 0.717) is 0 Å². The third kappa shape index (κ3) is 12.5. The highest BCUT2D eigenvalue weighted by atomic mass is 32.2. The highest BCUT2D eigenvalue weighted by Gasteiger charge is 2.10. The number of hydrogen-bond acceptors (Lipinski definition) is 5. The molecular formula is C34H36N2O5S2. The standard InChI is InChI=1S/C17H17NO2S.C10H10O.C7H9NO2S/c1-14-8-10-17(11-9-14)21(19,20)18-13-12-15(2)16-6-4-3-5-7-16;1-9(7-8-11)10-5-3-2-4-6-10;1-6-2-4-7(5-3-6)11(8,9)10/h3-13H,1-2H3;2-8H,1H3;2-5H,1H3,(H2,8,9,10)/b;9-7+;. The third-order valence-electron chi connectivity index (χ3n) is 5.97. The van der Waals surface area contributed by atoms with Crippen LogP contribution in [0.15, 0.2) is 136 Å². The molecule has 0 aliphatic rings. The molecule has 9 heteroatoms. The van der Waals surface area contributed by atoms with Crippen molar-refractivity contribution < 1.29 is 21.6 Å². The number of rotatable bonds is 7. The van der Waals surface area contributed by atoms with E-state index < -0.39 is 20.0 Å². The Bertz CT molecular complexity index is 1760. The van der Waals surface area contributed by atoms with E-state index in [1.165, 1.54) is 18.3 Å². The van der Waals surface area contributed by atoms with Gasteiger partial charge in [0.1, 0.15) is 6.29 Å². The predicted octanol–water partition coefficient (Wildman–Crippen LogP) is 6.79. The maximum Gasteiger partial charge on any atom is 0.282 e. The van der Waals surface area contributed by atoms with Gasteiger partial charge in [0.25, 0.3) is 10.0 Å². The van der Waals surface area contributed by atoms with E-state index in [1.54, 1.807) is 48.6 Å². The van der Waals surface area contributed by atoms with E-state index in [9.17, 15) is 21.6 Å². The Morgan fingerprint density at radius 3 is 1.40 bits per heavy atom. The number of aldehydes is 1. The predicted molar refractivity (Wildman–Crippen MR) is 176 cm³/mol. The van der Waals surface area contributed by atoms with E-state index in [4.69, 9.17) is 5.14 Å².